The van der Waals surface area contributed by atoms with Crippen LogP contribution < -0.4 is 0 Å². The van der Waals surface area contributed by atoms with Crippen molar-refractivity contribution >= 4 is 16.8 Å². The van der Waals surface area contributed by atoms with Gasteiger partial charge in [-0.1, -0.05) is 18.2 Å². The van der Waals surface area contributed by atoms with Gasteiger partial charge in [0.2, 0.25) is 0 Å². The number of hydrogen-bond donors (Lipinski definition) is 0. The van der Waals surface area contributed by atoms with Gasteiger partial charge in [-0.2, -0.15) is 0 Å². The van der Waals surface area contributed by atoms with Gasteiger partial charge in [0.05, 0.1) is 30.9 Å². The van der Waals surface area contributed by atoms with Gasteiger partial charge in [-0.05, 0) is 25.0 Å². The van der Waals surface area contributed by atoms with Crippen molar-refractivity contribution in [2.75, 3.05) is 59.7 Å². The number of methoxy groups -OCH3 is 1. The van der Waals surface area contributed by atoms with Crippen LogP contribution in [0.2, 0.25) is 0 Å². The van der Waals surface area contributed by atoms with Gasteiger partial charge in [-0.15, -0.1) is 0 Å². The fourth-order valence-corrected chi connectivity index (χ4v) is 4.57. The standard InChI is InChI=1S/C22H29N3O3/c1-27-13-11-24-12-14-28-17-22(15-24)8-4-10-25(16-22)21(26)19-7-2-5-18-6-3-9-23-20(18)19/h2-3,5-7,9H,4,8,10-17H2,1H3. The molecule has 150 valence electrons. The van der Waals surface area contributed by atoms with Crippen molar-refractivity contribution in [3.63, 3.8) is 0 Å². The number of para-hydroxylation sites is 1. The molecule has 4 rings (SSSR count). The molecule has 28 heavy (non-hydrogen) atoms. The Morgan fingerprint density at radius 1 is 1.25 bits per heavy atom. The largest absolute Gasteiger partial charge is 0.383 e. The molecule has 1 atom stereocenters. The van der Waals surface area contributed by atoms with E-state index in [0.717, 1.165) is 69.7 Å². The fraction of sp³-hybridized carbons (Fsp3) is 0.545. The van der Waals surface area contributed by atoms with Gasteiger partial charge in [0, 0.05) is 56.8 Å². The number of ether oxygens (including phenoxy) is 2. The van der Waals surface area contributed by atoms with Gasteiger partial charge in [0.1, 0.15) is 0 Å². The Kier molecular flexibility index (Phi) is 5.90. The van der Waals surface area contributed by atoms with E-state index in [4.69, 9.17) is 9.47 Å². The number of fused-ring (bicyclic) bond motifs is 1. The van der Waals surface area contributed by atoms with Crippen LogP contribution >= 0.6 is 0 Å². The topological polar surface area (TPSA) is 54.9 Å². The van der Waals surface area contributed by atoms with E-state index in [1.807, 2.05) is 35.2 Å². The van der Waals surface area contributed by atoms with Crippen LogP contribution in [0.5, 0.6) is 0 Å². The van der Waals surface area contributed by atoms with E-state index in [-0.39, 0.29) is 11.3 Å². The second kappa shape index (κ2) is 8.55. The molecule has 0 saturated carbocycles. The van der Waals surface area contributed by atoms with E-state index in [9.17, 15) is 4.79 Å². The number of pyridine rings is 1. The monoisotopic (exact) mass is 383 g/mol. The third kappa shape index (κ3) is 4.04. The predicted molar refractivity (Wildman–Crippen MR) is 108 cm³/mol. The highest BCUT2D eigenvalue weighted by atomic mass is 16.5. The summed E-state index contributed by atoms with van der Waals surface area (Å²) in [4.78, 5) is 22.3. The van der Waals surface area contributed by atoms with Crippen LogP contribution in [-0.4, -0.2) is 80.3 Å². The lowest BCUT2D eigenvalue weighted by Gasteiger charge is -2.43. The van der Waals surface area contributed by atoms with E-state index >= 15 is 0 Å². The maximum Gasteiger partial charge on any atom is 0.256 e. The molecule has 1 aromatic carbocycles. The first kappa shape index (κ1) is 19.3. The highest BCUT2D eigenvalue weighted by molar-refractivity contribution is 6.05. The molecular formula is C22H29N3O3. The number of likely N-dealkylation sites (tertiary alicyclic amines) is 1. The average Bonchev–Trinajstić information content (AvgIpc) is 2.93. The first-order valence-electron chi connectivity index (χ1n) is 10.1. The van der Waals surface area contributed by atoms with Crippen molar-refractivity contribution in [3.8, 4) is 0 Å². The van der Waals surface area contributed by atoms with Crippen molar-refractivity contribution in [1.82, 2.24) is 14.8 Å². The lowest BCUT2D eigenvalue weighted by Crippen LogP contribution is -2.52. The summed E-state index contributed by atoms with van der Waals surface area (Å²) in [5, 5.41) is 1.00. The average molecular weight is 383 g/mol. The molecule has 0 aliphatic carbocycles. The Morgan fingerprint density at radius 2 is 2.14 bits per heavy atom. The summed E-state index contributed by atoms with van der Waals surface area (Å²) in [5.41, 5.74) is 1.48. The zero-order valence-electron chi connectivity index (χ0n) is 16.6. The van der Waals surface area contributed by atoms with E-state index in [1.165, 1.54) is 0 Å². The van der Waals surface area contributed by atoms with Crippen LogP contribution in [0.15, 0.2) is 36.5 Å². The molecule has 6 nitrogen and oxygen atoms in total. The van der Waals surface area contributed by atoms with Gasteiger partial charge in [-0.25, -0.2) is 0 Å². The second-order valence-electron chi connectivity index (χ2n) is 8.03. The minimum Gasteiger partial charge on any atom is -0.383 e. The van der Waals surface area contributed by atoms with Crippen molar-refractivity contribution < 1.29 is 14.3 Å². The summed E-state index contributed by atoms with van der Waals surface area (Å²) in [6, 6.07) is 9.75. The summed E-state index contributed by atoms with van der Waals surface area (Å²) in [6.45, 7) is 6.49. The maximum atomic E-state index is 13.4. The van der Waals surface area contributed by atoms with E-state index < -0.39 is 0 Å². The lowest BCUT2D eigenvalue weighted by atomic mass is 9.80. The van der Waals surface area contributed by atoms with Crippen LogP contribution in [0.25, 0.3) is 10.9 Å². The maximum absolute atomic E-state index is 13.4. The van der Waals surface area contributed by atoms with E-state index in [1.54, 1.807) is 13.3 Å². The highest BCUT2D eigenvalue weighted by Crippen LogP contribution is 2.34. The molecule has 2 saturated heterocycles. The molecule has 2 fully saturated rings. The molecule has 0 N–H and O–H groups in total. The zero-order valence-corrected chi connectivity index (χ0v) is 16.6. The molecule has 1 unspecified atom stereocenters. The molecule has 1 amide bonds. The number of piperidine rings is 1. The molecule has 1 spiro atoms. The van der Waals surface area contributed by atoms with Gasteiger partial charge in [0.15, 0.2) is 0 Å². The Hall–Kier alpha value is -2.02. The lowest BCUT2D eigenvalue weighted by molar-refractivity contribution is 0.00627. The summed E-state index contributed by atoms with van der Waals surface area (Å²) in [6.07, 6.45) is 3.85. The number of aromatic nitrogens is 1. The second-order valence-corrected chi connectivity index (χ2v) is 8.03. The van der Waals surface area contributed by atoms with Gasteiger partial charge < -0.3 is 14.4 Å². The number of benzene rings is 1. The van der Waals surface area contributed by atoms with Crippen LogP contribution in [0.4, 0.5) is 0 Å². The summed E-state index contributed by atoms with van der Waals surface area (Å²) < 4.78 is 11.2. The molecule has 2 aromatic rings. The van der Waals surface area contributed by atoms with Gasteiger partial charge >= 0.3 is 0 Å². The number of carbonyl (C=O) groups is 1. The highest BCUT2D eigenvalue weighted by Gasteiger charge is 2.40. The molecule has 0 radical (unpaired) electrons. The molecule has 1 aromatic heterocycles. The van der Waals surface area contributed by atoms with Gasteiger partial charge in [0.25, 0.3) is 5.91 Å². The first-order valence-corrected chi connectivity index (χ1v) is 10.1. The predicted octanol–water partition coefficient (Wildman–Crippen LogP) is 2.44. The molecule has 2 aliphatic heterocycles. The summed E-state index contributed by atoms with van der Waals surface area (Å²) in [7, 11) is 1.74. The van der Waals surface area contributed by atoms with Crippen LogP contribution in [0.3, 0.4) is 0 Å². The minimum atomic E-state index is -0.00381. The molecule has 6 heteroatoms. The van der Waals surface area contributed by atoms with Crippen molar-refractivity contribution in [2.24, 2.45) is 5.41 Å². The number of hydrogen-bond acceptors (Lipinski definition) is 5. The Labute approximate surface area is 166 Å². The van der Waals surface area contributed by atoms with E-state index in [2.05, 4.69) is 9.88 Å². The smallest absolute Gasteiger partial charge is 0.256 e. The minimum absolute atomic E-state index is 0.00381. The first-order chi connectivity index (χ1) is 13.7. The quantitative estimate of drug-likeness (QED) is 0.812. The van der Waals surface area contributed by atoms with Gasteiger partial charge in [-0.3, -0.25) is 14.7 Å². The zero-order chi connectivity index (χ0) is 19.4. The number of rotatable bonds is 4. The van der Waals surface area contributed by atoms with Crippen molar-refractivity contribution in [3.05, 3.63) is 42.1 Å². The van der Waals surface area contributed by atoms with Crippen LogP contribution in [0.1, 0.15) is 23.2 Å². The molecule has 2 aliphatic rings. The Bertz CT molecular complexity index is 822. The molecular weight excluding hydrogens is 354 g/mol. The molecule has 0 bridgehead atoms. The SMILES string of the molecule is COCCN1CCOCC2(CCCN(C(=O)c3cccc4cccnc34)C2)C1. The fourth-order valence-electron chi connectivity index (χ4n) is 4.57. The van der Waals surface area contributed by atoms with Crippen LogP contribution in [-0.2, 0) is 9.47 Å². The van der Waals surface area contributed by atoms with E-state index in [0.29, 0.717) is 12.2 Å². The Morgan fingerprint density at radius 3 is 3.04 bits per heavy atom. The third-order valence-electron chi connectivity index (χ3n) is 5.94. The number of nitrogens with zero attached hydrogens (tertiary/aromatic N) is 3. The summed E-state index contributed by atoms with van der Waals surface area (Å²) >= 11 is 0. The van der Waals surface area contributed by atoms with Crippen molar-refractivity contribution in [1.29, 1.82) is 0 Å². The normalized spacial score (nSPS) is 23.8. The molecule has 3 heterocycles. The van der Waals surface area contributed by atoms with Crippen LogP contribution in [0, 0.1) is 5.41 Å². The van der Waals surface area contributed by atoms with Crippen molar-refractivity contribution in [2.45, 2.75) is 12.8 Å². The number of carbonyl (C=O) groups excluding carboxylic acids is 1. The third-order valence-corrected chi connectivity index (χ3v) is 5.94. The Balaban J connectivity index is 1.55. The summed E-state index contributed by atoms with van der Waals surface area (Å²) in [5.74, 6) is 0.0797. The number of amides is 1.